The molecule has 3 heteroatoms. The highest BCUT2D eigenvalue weighted by Crippen LogP contribution is 2.42. The van der Waals surface area contributed by atoms with Crippen molar-refractivity contribution in [2.75, 3.05) is 11.4 Å². The molecule has 1 saturated carbocycles. The number of benzene rings is 1. The molecular weight excluding hydrogens is 200 g/mol. The van der Waals surface area contributed by atoms with Crippen LogP contribution in [0.4, 0.5) is 5.69 Å². The number of piperidine rings is 2. The molecule has 1 aliphatic carbocycles. The number of fused-ring (bicyclic) bond motifs is 2. The number of nitrogens with zero attached hydrogens (tertiary/aromatic N) is 2. The van der Waals surface area contributed by atoms with Crippen molar-refractivity contribution in [2.45, 2.75) is 12.8 Å². The number of rotatable bonds is 1. The molecule has 0 spiro atoms. The fourth-order valence-electron chi connectivity index (χ4n) is 2.63. The first-order chi connectivity index (χ1) is 7.78. The standard InChI is InChI=1S/C13H12N2O/c14-7-9-2-1-3-12(6-9)15-8-10-4-11(5-10)13(15)16/h1-3,6,10-11H,4-5,8H2. The molecule has 16 heavy (non-hydrogen) atoms. The van der Waals surface area contributed by atoms with Crippen LogP contribution in [0.2, 0.25) is 0 Å². The molecule has 3 aliphatic rings. The normalized spacial score (nSPS) is 27.2. The van der Waals surface area contributed by atoms with Crippen molar-refractivity contribution >= 4 is 11.6 Å². The van der Waals surface area contributed by atoms with Gasteiger partial charge in [0.25, 0.3) is 0 Å². The van der Waals surface area contributed by atoms with Crippen molar-refractivity contribution < 1.29 is 4.79 Å². The lowest BCUT2D eigenvalue weighted by Crippen LogP contribution is -2.53. The molecule has 1 aromatic carbocycles. The average molecular weight is 212 g/mol. The summed E-state index contributed by atoms with van der Waals surface area (Å²) in [6.07, 6.45) is 2.13. The zero-order valence-corrected chi connectivity index (χ0v) is 8.89. The van der Waals surface area contributed by atoms with E-state index in [-0.39, 0.29) is 11.8 Å². The van der Waals surface area contributed by atoms with E-state index in [1.54, 1.807) is 12.1 Å². The zero-order chi connectivity index (χ0) is 11.1. The Bertz CT molecular complexity index is 483. The molecule has 0 aromatic heterocycles. The van der Waals surface area contributed by atoms with E-state index in [4.69, 9.17) is 5.26 Å². The summed E-state index contributed by atoms with van der Waals surface area (Å²) in [6, 6.07) is 9.40. The van der Waals surface area contributed by atoms with E-state index < -0.39 is 0 Å². The third-order valence-electron chi connectivity index (χ3n) is 3.58. The van der Waals surface area contributed by atoms with E-state index >= 15 is 0 Å². The van der Waals surface area contributed by atoms with Crippen LogP contribution in [0, 0.1) is 23.2 Å². The van der Waals surface area contributed by atoms with Gasteiger partial charge in [-0.3, -0.25) is 4.79 Å². The molecule has 2 saturated heterocycles. The highest BCUT2D eigenvalue weighted by Gasteiger charge is 2.43. The Hall–Kier alpha value is -1.82. The van der Waals surface area contributed by atoms with Crippen LogP contribution in [0.25, 0.3) is 0 Å². The van der Waals surface area contributed by atoms with Crippen molar-refractivity contribution in [3.8, 4) is 6.07 Å². The Morgan fingerprint density at radius 2 is 2.19 bits per heavy atom. The van der Waals surface area contributed by atoms with Crippen molar-refractivity contribution in [1.29, 1.82) is 5.26 Å². The fourth-order valence-corrected chi connectivity index (χ4v) is 2.63. The molecule has 1 amide bonds. The van der Waals surface area contributed by atoms with Crippen LogP contribution in [-0.2, 0) is 4.79 Å². The van der Waals surface area contributed by atoms with Gasteiger partial charge in [-0.2, -0.15) is 5.26 Å². The number of anilines is 1. The van der Waals surface area contributed by atoms with Gasteiger partial charge >= 0.3 is 0 Å². The van der Waals surface area contributed by atoms with Gasteiger partial charge in [0.1, 0.15) is 0 Å². The maximum absolute atomic E-state index is 12.0. The van der Waals surface area contributed by atoms with Gasteiger partial charge in [-0.25, -0.2) is 0 Å². The Kier molecular flexibility index (Phi) is 1.97. The van der Waals surface area contributed by atoms with Crippen molar-refractivity contribution in [1.82, 2.24) is 0 Å². The topological polar surface area (TPSA) is 44.1 Å². The van der Waals surface area contributed by atoms with E-state index in [1.165, 1.54) is 0 Å². The Morgan fingerprint density at radius 3 is 2.88 bits per heavy atom. The van der Waals surface area contributed by atoms with Crippen LogP contribution in [0.3, 0.4) is 0 Å². The van der Waals surface area contributed by atoms with E-state index in [1.807, 2.05) is 17.0 Å². The number of carbonyl (C=O) groups is 1. The molecule has 3 nitrogen and oxygen atoms in total. The second kappa shape index (κ2) is 3.34. The fraction of sp³-hybridized carbons (Fsp3) is 0.385. The van der Waals surface area contributed by atoms with Gasteiger partial charge in [0, 0.05) is 18.2 Å². The van der Waals surface area contributed by atoms with Crippen molar-refractivity contribution in [3.05, 3.63) is 29.8 Å². The van der Waals surface area contributed by atoms with E-state index in [0.717, 1.165) is 25.1 Å². The molecular formula is C13H12N2O. The molecule has 0 atom stereocenters. The Labute approximate surface area is 94.3 Å². The number of hydrogen-bond donors (Lipinski definition) is 0. The van der Waals surface area contributed by atoms with Crippen molar-refractivity contribution in [3.63, 3.8) is 0 Å². The summed E-state index contributed by atoms with van der Waals surface area (Å²) in [4.78, 5) is 13.8. The molecule has 2 aliphatic heterocycles. The third-order valence-corrected chi connectivity index (χ3v) is 3.58. The highest BCUT2D eigenvalue weighted by molar-refractivity contribution is 5.97. The van der Waals surface area contributed by atoms with Crippen LogP contribution in [0.1, 0.15) is 18.4 Å². The summed E-state index contributed by atoms with van der Waals surface area (Å²) in [5, 5.41) is 8.83. The quantitative estimate of drug-likeness (QED) is 0.714. The van der Waals surface area contributed by atoms with Gasteiger partial charge in [0.2, 0.25) is 5.91 Å². The lowest BCUT2D eigenvalue weighted by Gasteiger charge is -2.46. The van der Waals surface area contributed by atoms with Gasteiger partial charge in [-0.05, 0) is 37.0 Å². The predicted molar refractivity (Wildman–Crippen MR) is 59.7 cm³/mol. The molecule has 2 heterocycles. The van der Waals surface area contributed by atoms with Gasteiger partial charge in [-0.15, -0.1) is 0 Å². The van der Waals surface area contributed by atoms with E-state index in [0.29, 0.717) is 11.5 Å². The molecule has 3 fully saturated rings. The first kappa shape index (κ1) is 9.41. The summed E-state index contributed by atoms with van der Waals surface area (Å²) < 4.78 is 0. The molecule has 80 valence electrons. The van der Waals surface area contributed by atoms with Gasteiger partial charge < -0.3 is 4.90 Å². The number of carbonyl (C=O) groups excluding carboxylic acids is 1. The smallest absolute Gasteiger partial charge is 0.230 e. The first-order valence-corrected chi connectivity index (χ1v) is 5.59. The molecule has 0 N–H and O–H groups in total. The Morgan fingerprint density at radius 1 is 1.38 bits per heavy atom. The first-order valence-electron chi connectivity index (χ1n) is 5.59. The van der Waals surface area contributed by atoms with Crippen LogP contribution in [0.15, 0.2) is 24.3 Å². The largest absolute Gasteiger partial charge is 0.312 e. The molecule has 2 bridgehead atoms. The van der Waals surface area contributed by atoms with E-state index in [9.17, 15) is 4.79 Å². The van der Waals surface area contributed by atoms with Crippen LogP contribution < -0.4 is 4.90 Å². The monoisotopic (exact) mass is 212 g/mol. The van der Waals surface area contributed by atoms with Crippen LogP contribution >= 0.6 is 0 Å². The molecule has 4 rings (SSSR count). The summed E-state index contributed by atoms with van der Waals surface area (Å²) in [5.41, 5.74) is 1.49. The van der Waals surface area contributed by atoms with Gasteiger partial charge in [0.15, 0.2) is 0 Å². The lowest BCUT2D eigenvalue weighted by molar-refractivity contribution is -0.129. The van der Waals surface area contributed by atoms with Crippen molar-refractivity contribution in [2.24, 2.45) is 11.8 Å². The maximum atomic E-state index is 12.0. The third kappa shape index (κ3) is 1.30. The number of nitriles is 1. The summed E-state index contributed by atoms with van der Waals surface area (Å²) in [6.45, 7) is 0.824. The zero-order valence-electron chi connectivity index (χ0n) is 8.89. The van der Waals surface area contributed by atoms with Gasteiger partial charge in [0.05, 0.1) is 11.6 Å². The Balaban J connectivity index is 1.92. The SMILES string of the molecule is N#Cc1cccc(N2CC3CC(C3)C2=O)c1. The second-order valence-electron chi connectivity index (χ2n) is 4.65. The number of amides is 1. The second-order valence-corrected chi connectivity index (χ2v) is 4.65. The summed E-state index contributed by atoms with van der Waals surface area (Å²) in [5.74, 6) is 1.15. The minimum Gasteiger partial charge on any atom is -0.312 e. The summed E-state index contributed by atoms with van der Waals surface area (Å²) in [7, 11) is 0. The molecule has 1 aromatic rings. The minimum absolute atomic E-state index is 0.234. The van der Waals surface area contributed by atoms with Crippen LogP contribution in [0.5, 0.6) is 0 Å². The summed E-state index contributed by atoms with van der Waals surface area (Å²) >= 11 is 0. The lowest BCUT2D eigenvalue weighted by atomic mass is 9.70. The van der Waals surface area contributed by atoms with Crippen LogP contribution in [-0.4, -0.2) is 12.5 Å². The average Bonchev–Trinajstić information content (AvgIpc) is 2.28. The molecule has 0 radical (unpaired) electrons. The molecule has 0 unspecified atom stereocenters. The predicted octanol–water partition coefficient (Wildman–Crippen LogP) is 1.93. The minimum atomic E-state index is 0.234. The highest BCUT2D eigenvalue weighted by atomic mass is 16.2. The number of hydrogen-bond acceptors (Lipinski definition) is 2. The maximum Gasteiger partial charge on any atom is 0.230 e. The van der Waals surface area contributed by atoms with Gasteiger partial charge in [-0.1, -0.05) is 6.07 Å². The van der Waals surface area contributed by atoms with E-state index in [2.05, 4.69) is 6.07 Å².